The van der Waals surface area contributed by atoms with E-state index in [-0.39, 0.29) is 6.10 Å². The molecule has 0 saturated heterocycles. The Bertz CT molecular complexity index is 362. The molecule has 4 heteroatoms. The van der Waals surface area contributed by atoms with Crippen LogP contribution in [-0.4, -0.2) is 6.10 Å². The molecule has 0 amide bonds. The summed E-state index contributed by atoms with van der Waals surface area (Å²) in [5.74, 6) is 0. The largest absolute Gasteiger partial charge is 0.358 e. The van der Waals surface area contributed by atoms with E-state index in [4.69, 9.17) is 4.52 Å². The highest BCUT2D eigenvalue weighted by molar-refractivity contribution is 9.28. The lowest BCUT2D eigenvalue weighted by Crippen LogP contribution is -2.08. The van der Waals surface area contributed by atoms with Gasteiger partial charge in [-0.2, -0.15) is 0 Å². The molecule has 0 spiro atoms. The van der Waals surface area contributed by atoms with E-state index in [0.717, 1.165) is 16.2 Å². The normalized spacial score (nSPS) is 12.2. The molecule has 0 aliphatic heterocycles. The van der Waals surface area contributed by atoms with Crippen LogP contribution in [0.4, 0.5) is 0 Å². The molecule has 0 saturated carbocycles. The minimum Gasteiger partial charge on any atom is -0.358 e. The number of aryl methyl sites for hydroxylation is 1. The fourth-order valence-corrected chi connectivity index (χ4v) is 2.26. The van der Waals surface area contributed by atoms with E-state index in [1.165, 1.54) is 11.1 Å². The summed E-state index contributed by atoms with van der Waals surface area (Å²) < 4.78 is 6.23. The quantitative estimate of drug-likeness (QED) is 0.693. The molecule has 1 aromatic carbocycles. The van der Waals surface area contributed by atoms with Crippen LogP contribution in [0, 0.1) is 0 Å². The summed E-state index contributed by atoms with van der Waals surface area (Å²) >= 11 is 6.69. The van der Waals surface area contributed by atoms with Gasteiger partial charge in [0.1, 0.15) is 0 Å². The Labute approximate surface area is 116 Å². The van der Waals surface area contributed by atoms with Gasteiger partial charge < -0.3 is 4.52 Å². The maximum Gasteiger partial charge on any atom is 0.0850 e. The van der Waals surface area contributed by atoms with Crippen LogP contribution >= 0.6 is 41.3 Å². The predicted octanol–water partition coefficient (Wildman–Crippen LogP) is 4.60. The second-order valence-corrected chi connectivity index (χ2v) is 6.55. The van der Waals surface area contributed by atoms with Gasteiger partial charge in [-0.3, -0.25) is 0 Å². The van der Waals surface area contributed by atoms with E-state index in [0.29, 0.717) is 0 Å². The van der Waals surface area contributed by atoms with Crippen LogP contribution in [0.2, 0.25) is 0 Å². The maximum absolute atomic E-state index is 5.32. The van der Waals surface area contributed by atoms with E-state index in [9.17, 15) is 0 Å². The number of hydrogen-bond acceptors (Lipinski definition) is 1. The zero-order valence-corrected chi connectivity index (χ0v) is 13.4. The first kappa shape index (κ1) is 14.4. The third-order valence-electron chi connectivity index (χ3n) is 2.32. The van der Waals surface area contributed by atoms with Crippen molar-refractivity contribution in [3.8, 4) is 0 Å². The molecule has 2 atom stereocenters. The van der Waals surface area contributed by atoms with Crippen LogP contribution in [-0.2, 0) is 17.4 Å². The molecule has 88 valence electrons. The predicted molar refractivity (Wildman–Crippen MR) is 80.0 cm³/mol. The fraction of sp³-hybridized carbons (Fsp3) is 0.333. The Balaban J connectivity index is 2.73. The van der Waals surface area contributed by atoms with Crippen molar-refractivity contribution in [2.24, 2.45) is 0 Å². The summed E-state index contributed by atoms with van der Waals surface area (Å²) in [6, 6.07) is 8.61. The number of rotatable bonds is 5. The fourth-order valence-electron chi connectivity index (χ4n) is 1.50. The van der Waals surface area contributed by atoms with Crippen molar-refractivity contribution in [2.45, 2.75) is 25.9 Å². The Morgan fingerprint density at radius 2 is 2.12 bits per heavy atom. The lowest BCUT2D eigenvalue weighted by Gasteiger charge is -2.11. The van der Waals surface area contributed by atoms with Crippen molar-refractivity contribution in [3.63, 3.8) is 0 Å². The van der Waals surface area contributed by atoms with Crippen LogP contribution in [0.1, 0.15) is 18.1 Å². The van der Waals surface area contributed by atoms with E-state index in [1.54, 1.807) is 0 Å². The van der Waals surface area contributed by atoms with Crippen LogP contribution in [0.25, 0.3) is 0 Å². The second kappa shape index (κ2) is 7.60. The van der Waals surface area contributed by atoms with Crippen LogP contribution in [0.3, 0.4) is 0 Å². The van der Waals surface area contributed by atoms with Gasteiger partial charge in [0.2, 0.25) is 0 Å². The Morgan fingerprint density at radius 1 is 1.44 bits per heavy atom. The van der Waals surface area contributed by atoms with Crippen molar-refractivity contribution in [1.29, 1.82) is 0 Å². The summed E-state index contributed by atoms with van der Waals surface area (Å²) in [5.41, 5.74) is 2.66. The van der Waals surface area contributed by atoms with Crippen LogP contribution in [0.15, 0.2) is 33.7 Å². The van der Waals surface area contributed by atoms with E-state index >= 15 is 0 Å². The maximum atomic E-state index is 5.32. The second-order valence-electron chi connectivity index (χ2n) is 3.51. The first-order valence-corrected chi connectivity index (χ1v) is 7.17. The molecule has 1 nitrogen and oxygen atoms in total. The molecule has 1 unspecified atom stereocenters. The van der Waals surface area contributed by atoms with Crippen molar-refractivity contribution >= 4 is 41.3 Å². The number of halogens is 2. The Hall–Kier alpha value is 0.310. The highest BCUT2D eigenvalue weighted by atomic mass is 79.9. The molecule has 0 aliphatic carbocycles. The molecular formula is C12H15Br2OP. The monoisotopic (exact) mass is 364 g/mol. The lowest BCUT2D eigenvalue weighted by atomic mass is 10.0. The SMILES string of the molecule is CCc1cccc(C[C@H](C=C(Br)Br)OP)c1. The topological polar surface area (TPSA) is 9.23 Å². The van der Waals surface area contributed by atoms with Crippen LogP contribution < -0.4 is 0 Å². The molecule has 0 heterocycles. The van der Waals surface area contributed by atoms with E-state index in [1.807, 2.05) is 6.08 Å². The minimum atomic E-state index is 0.0610. The summed E-state index contributed by atoms with van der Waals surface area (Å²) in [6.07, 6.45) is 3.99. The molecule has 0 fully saturated rings. The molecule has 0 aliphatic rings. The van der Waals surface area contributed by atoms with Gasteiger partial charge in [-0.1, -0.05) is 31.2 Å². The van der Waals surface area contributed by atoms with Gasteiger partial charge in [0.25, 0.3) is 0 Å². The van der Waals surface area contributed by atoms with Gasteiger partial charge in [-0.25, -0.2) is 0 Å². The molecule has 0 radical (unpaired) electrons. The number of benzene rings is 1. The molecule has 0 aromatic heterocycles. The van der Waals surface area contributed by atoms with Gasteiger partial charge >= 0.3 is 0 Å². The minimum absolute atomic E-state index is 0.0610. The number of hydrogen-bond donors (Lipinski definition) is 0. The third-order valence-corrected chi connectivity index (χ3v) is 3.20. The summed E-state index contributed by atoms with van der Waals surface area (Å²) in [4.78, 5) is 0. The van der Waals surface area contributed by atoms with Crippen molar-refractivity contribution in [3.05, 3.63) is 44.9 Å². The van der Waals surface area contributed by atoms with E-state index < -0.39 is 0 Å². The van der Waals surface area contributed by atoms with E-state index in [2.05, 4.69) is 72.5 Å². The first-order chi connectivity index (χ1) is 7.65. The molecule has 0 N–H and O–H groups in total. The van der Waals surface area contributed by atoms with Crippen LogP contribution in [0.5, 0.6) is 0 Å². The van der Waals surface area contributed by atoms with Crippen molar-refractivity contribution < 1.29 is 4.52 Å². The highest BCUT2D eigenvalue weighted by Crippen LogP contribution is 2.19. The average Bonchev–Trinajstić information content (AvgIpc) is 2.28. The molecule has 16 heavy (non-hydrogen) atoms. The van der Waals surface area contributed by atoms with Gasteiger partial charge in [-0.05, 0) is 55.5 Å². The van der Waals surface area contributed by atoms with Gasteiger partial charge in [0.05, 0.1) is 9.50 Å². The standard InChI is InChI=1S/C12H15Br2OP/c1-2-9-4-3-5-10(6-9)7-11(15-16)8-12(13)14/h3-6,8,11H,2,7,16H2,1H3/t11-/m1/s1. The van der Waals surface area contributed by atoms with Gasteiger partial charge in [0, 0.05) is 15.9 Å². The summed E-state index contributed by atoms with van der Waals surface area (Å²) in [6.45, 7) is 2.16. The van der Waals surface area contributed by atoms with Gasteiger partial charge in [-0.15, -0.1) is 0 Å². The zero-order valence-electron chi connectivity index (χ0n) is 9.12. The van der Waals surface area contributed by atoms with Crippen molar-refractivity contribution in [2.75, 3.05) is 0 Å². The molecular weight excluding hydrogens is 351 g/mol. The zero-order chi connectivity index (χ0) is 12.0. The highest BCUT2D eigenvalue weighted by Gasteiger charge is 2.06. The molecule has 1 aromatic rings. The Morgan fingerprint density at radius 3 is 2.69 bits per heavy atom. The average molecular weight is 366 g/mol. The van der Waals surface area contributed by atoms with Gasteiger partial charge in [0.15, 0.2) is 0 Å². The first-order valence-electron chi connectivity index (χ1n) is 5.12. The lowest BCUT2D eigenvalue weighted by molar-refractivity contribution is 0.295. The van der Waals surface area contributed by atoms with Crippen molar-refractivity contribution in [1.82, 2.24) is 0 Å². The third kappa shape index (κ3) is 5.09. The smallest absolute Gasteiger partial charge is 0.0850 e. The molecule has 0 bridgehead atoms. The summed E-state index contributed by atoms with van der Waals surface area (Å²) in [5, 5.41) is 0. The summed E-state index contributed by atoms with van der Waals surface area (Å²) in [7, 11) is 2.32. The molecule has 1 rings (SSSR count). The Kier molecular flexibility index (Phi) is 6.83.